The molecule has 0 spiro atoms. The molecule has 38 heavy (non-hydrogen) atoms. The van der Waals surface area contributed by atoms with Crippen LogP contribution in [0.1, 0.15) is 57.3 Å². The third kappa shape index (κ3) is 3.84. The molecule has 0 saturated heterocycles. The maximum Gasteiger partial charge on any atom is 0.339 e. The number of hydrogen-bond donors (Lipinski definition) is 0. The van der Waals surface area contributed by atoms with Gasteiger partial charge in [0.15, 0.2) is 0 Å². The molecule has 1 aromatic carbocycles. The molecule has 7 heteroatoms. The van der Waals surface area contributed by atoms with Gasteiger partial charge in [-0.15, -0.1) is 28.9 Å². The lowest BCUT2D eigenvalue weighted by atomic mass is 9.46. The predicted octanol–water partition coefficient (Wildman–Crippen LogP) is 7.75. The number of carbonyl (C=O) groups is 2. The van der Waals surface area contributed by atoms with E-state index in [1.807, 2.05) is 30.4 Å². The van der Waals surface area contributed by atoms with E-state index in [0.29, 0.717) is 12.0 Å². The molecule has 202 valence electrons. The van der Waals surface area contributed by atoms with E-state index in [1.54, 1.807) is 18.2 Å². The van der Waals surface area contributed by atoms with E-state index < -0.39 is 38.6 Å². The van der Waals surface area contributed by atoms with E-state index in [1.165, 1.54) is 13.2 Å². The zero-order valence-corrected chi connectivity index (χ0v) is 25.1. The molecule has 4 aliphatic rings. The third-order valence-electron chi connectivity index (χ3n) is 9.84. The molecule has 4 nitrogen and oxygen atoms in total. The average Bonchev–Trinajstić information content (AvgIpc) is 3.06. The molecular weight excluding hydrogens is 587 g/mol. The number of alkyl halides is 3. The number of hydrogen-bond acceptors (Lipinski definition) is 4. The number of benzene rings is 1. The number of allylic oxidation sites excluding steroid dienone is 3. The summed E-state index contributed by atoms with van der Waals surface area (Å²) >= 11 is 19.2. The first-order valence-electron chi connectivity index (χ1n) is 13.1. The molecule has 5 rings (SSSR count). The Morgan fingerprint density at radius 1 is 1.21 bits per heavy atom. The Kier molecular flexibility index (Phi) is 7.09. The molecule has 0 heterocycles. The van der Waals surface area contributed by atoms with Gasteiger partial charge in [0.05, 0.1) is 22.1 Å². The summed E-state index contributed by atoms with van der Waals surface area (Å²) in [4.78, 5) is 24.5. The summed E-state index contributed by atoms with van der Waals surface area (Å²) in [6, 6.07) is 8.97. The lowest BCUT2D eigenvalue weighted by Gasteiger charge is -2.64. The van der Waals surface area contributed by atoms with Crippen molar-refractivity contribution in [1.29, 1.82) is 0 Å². The summed E-state index contributed by atoms with van der Waals surface area (Å²) < 4.78 is 11.8. The third-order valence-corrected chi connectivity index (χ3v) is 12.3. The Morgan fingerprint density at radius 3 is 2.61 bits per heavy atom. The molecule has 9 atom stereocenters. The maximum atomic E-state index is 13.5. The molecule has 0 bridgehead atoms. The number of esters is 2. The largest absolute Gasteiger partial charge is 0.450 e. The zero-order valence-electron chi connectivity index (χ0n) is 22.0. The second kappa shape index (κ2) is 9.70. The highest BCUT2D eigenvalue weighted by molar-refractivity contribution is 9.09. The number of rotatable bonds is 4. The van der Waals surface area contributed by atoms with Crippen LogP contribution in [0, 0.1) is 28.6 Å². The first-order chi connectivity index (χ1) is 17.9. The van der Waals surface area contributed by atoms with Gasteiger partial charge in [-0.25, -0.2) is 4.79 Å². The van der Waals surface area contributed by atoms with Gasteiger partial charge < -0.3 is 9.47 Å². The highest BCUT2D eigenvalue weighted by Gasteiger charge is 2.75. The monoisotopic (exact) mass is 618 g/mol. The van der Waals surface area contributed by atoms with Crippen molar-refractivity contribution in [3.8, 4) is 0 Å². The molecule has 3 fully saturated rings. The van der Waals surface area contributed by atoms with Gasteiger partial charge in [-0.2, -0.15) is 0 Å². The first-order valence-corrected chi connectivity index (χ1v) is 14.9. The standard InChI is InChI=1S/C31H33BrCl2O4/c1-19-16-23-26-24(32)17-22-12-8-9-13-28(22,3)31(26,34)25(33)18-29(23,4)30(19,14-15-37-20(2)35)38-27(36)21-10-6-5-7-11-21/h5-11,13-15,19,23-26H,16-18H2,1-4H3/t19?,23-,24?,25?,26+,28-,29-,30+,31+/m0/s1. The van der Waals surface area contributed by atoms with Crippen LogP contribution in [-0.4, -0.2) is 32.6 Å². The van der Waals surface area contributed by atoms with Crippen molar-refractivity contribution in [3.63, 3.8) is 0 Å². The highest BCUT2D eigenvalue weighted by Crippen LogP contribution is 2.73. The Bertz CT molecular complexity index is 1270. The minimum atomic E-state index is -1.06. The molecule has 1 aromatic rings. The van der Waals surface area contributed by atoms with Crippen LogP contribution in [0.3, 0.4) is 0 Å². The van der Waals surface area contributed by atoms with Crippen LogP contribution in [0.15, 0.2) is 72.2 Å². The van der Waals surface area contributed by atoms with E-state index >= 15 is 0 Å². The fraction of sp³-hybridized carbons (Fsp3) is 0.516. The van der Waals surface area contributed by atoms with E-state index in [0.717, 1.165) is 18.4 Å². The number of fused-ring (bicyclic) bond motifs is 5. The van der Waals surface area contributed by atoms with E-state index in [2.05, 4.69) is 48.5 Å². The van der Waals surface area contributed by atoms with Crippen LogP contribution in [-0.2, 0) is 14.3 Å². The Labute approximate surface area is 243 Å². The van der Waals surface area contributed by atoms with Crippen LogP contribution in [0.25, 0.3) is 0 Å². The summed E-state index contributed by atoms with van der Waals surface area (Å²) in [6.45, 7) is 7.79. The van der Waals surface area contributed by atoms with Gasteiger partial charge in [0.25, 0.3) is 0 Å². The van der Waals surface area contributed by atoms with Gasteiger partial charge in [-0.05, 0) is 67.9 Å². The van der Waals surface area contributed by atoms with Crippen molar-refractivity contribution in [2.45, 2.75) is 67.6 Å². The summed E-state index contributed by atoms with van der Waals surface area (Å²) in [5.41, 5.74) is 3.00. The number of carbonyl (C=O) groups excluding carboxylic acids is 2. The maximum absolute atomic E-state index is 13.5. The molecule has 0 aliphatic heterocycles. The second-order valence-electron chi connectivity index (χ2n) is 11.7. The minimum Gasteiger partial charge on any atom is -0.450 e. The van der Waals surface area contributed by atoms with Crippen LogP contribution in [0.2, 0.25) is 0 Å². The van der Waals surface area contributed by atoms with Gasteiger partial charge in [-0.3, -0.25) is 4.79 Å². The van der Waals surface area contributed by atoms with Crippen LogP contribution < -0.4 is 0 Å². The summed E-state index contributed by atoms with van der Waals surface area (Å²) in [5.74, 6) is -0.861. The van der Waals surface area contributed by atoms with Gasteiger partial charge in [-0.1, -0.05) is 60.1 Å². The van der Waals surface area contributed by atoms with E-state index in [-0.39, 0.29) is 22.6 Å². The fourth-order valence-electron chi connectivity index (χ4n) is 7.95. The minimum absolute atomic E-state index is 0.00871. The van der Waals surface area contributed by atoms with Gasteiger partial charge in [0, 0.05) is 28.5 Å². The van der Waals surface area contributed by atoms with Crippen molar-refractivity contribution in [3.05, 3.63) is 77.8 Å². The molecular formula is C31H33BrCl2O4. The molecule has 3 saturated carbocycles. The zero-order chi connectivity index (χ0) is 27.5. The average molecular weight is 620 g/mol. The first kappa shape index (κ1) is 27.8. The number of ether oxygens (including phenoxy) is 2. The molecule has 0 radical (unpaired) electrons. The lowest BCUT2D eigenvalue weighted by molar-refractivity contribution is -0.136. The van der Waals surface area contributed by atoms with Crippen molar-refractivity contribution in [1.82, 2.24) is 0 Å². The topological polar surface area (TPSA) is 52.6 Å². The Hall–Kier alpha value is -1.78. The van der Waals surface area contributed by atoms with Crippen molar-refractivity contribution in [2.24, 2.45) is 28.6 Å². The molecule has 0 N–H and O–H groups in total. The SMILES string of the molecule is CC(=O)OC=C[C@@]1(OC(=O)c2ccccc2)C(C)C[C@H]2[C@@H]3C(Br)CC4=C=CC=C[C@]4(C)[C@@]3(Cl)C(Cl)C[C@@]21C. The van der Waals surface area contributed by atoms with E-state index in [4.69, 9.17) is 32.7 Å². The summed E-state index contributed by atoms with van der Waals surface area (Å²) in [5, 5.41) is -0.428. The van der Waals surface area contributed by atoms with Crippen molar-refractivity contribution in [2.75, 3.05) is 0 Å². The van der Waals surface area contributed by atoms with Gasteiger partial charge in [0.2, 0.25) is 0 Å². The number of halogens is 3. The fourth-order valence-corrected chi connectivity index (χ4v) is 10.5. The molecule has 3 unspecified atom stereocenters. The Balaban J connectivity index is 1.63. The quantitative estimate of drug-likeness (QED) is 0.150. The lowest BCUT2D eigenvalue weighted by Crippen LogP contribution is -2.68. The van der Waals surface area contributed by atoms with Crippen molar-refractivity contribution < 1.29 is 19.1 Å². The molecule has 4 aliphatic carbocycles. The van der Waals surface area contributed by atoms with Gasteiger partial charge >= 0.3 is 11.9 Å². The predicted molar refractivity (Wildman–Crippen MR) is 153 cm³/mol. The smallest absolute Gasteiger partial charge is 0.339 e. The van der Waals surface area contributed by atoms with Gasteiger partial charge in [0.1, 0.15) is 5.60 Å². The molecule has 0 aromatic heterocycles. The molecule has 0 amide bonds. The summed E-state index contributed by atoms with van der Waals surface area (Å²) in [6.07, 6.45) is 11.4. The second-order valence-corrected chi connectivity index (χ2v) is 14.0. The Morgan fingerprint density at radius 2 is 1.92 bits per heavy atom. The van der Waals surface area contributed by atoms with Crippen molar-refractivity contribution >= 4 is 51.1 Å². The van der Waals surface area contributed by atoms with E-state index in [9.17, 15) is 9.59 Å². The van der Waals surface area contributed by atoms with Crippen LogP contribution in [0.4, 0.5) is 0 Å². The normalized spacial score (nSPS) is 43.1. The summed E-state index contributed by atoms with van der Waals surface area (Å²) in [7, 11) is 0. The van der Waals surface area contributed by atoms with Crippen LogP contribution in [0.5, 0.6) is 0 Å². The highest BCUT2D eigenvalue weighted by atomic mass is 79.9. The van der Waals surface area contributed by atoms with Crippen LogP contribution >= 0.6 is 39.1 Å².